The number of rotatable bonds is 2. The van der Waals surface area contributed by atoms with E-state index >= 15 is 4.39 Å². The van der Waals surface area contributed by atoms with E-state index in [1.165, 1.54) is 12.1 Å². The van der Waals surface area contributed by atoms with Gasteiger partial charge in [-0.1, -0.05) is 30.1 Å². The van der Waals surface area contributed by atoms with Crippen LogP contribution in [0.4, 0.5) is 17.6 Å². The van der Waals surface area contributed by atoms with Crippen molar-refractivity contribution in [2.24, 2.45) is 0 Å². The van der Waals surface area contributed by atoms with Crippen molar-refractivity contribution >= 4 is 18.0 Å². The Balaban J connectivity index is 1.90. The predicted octanol–water partition coefficient (Wildman–Crippen LogP) is 4.14. The van der Waals surface area contributed by atoms with Gasteiger partial charge in [0.05, 0.1) is 0 Å². The minimum Gasteiger partial charge on any atom is -0.241 e. The molecule has 24 heavy (non-hydrogen) atoms. The lowest BCUT2D eigenvalue weighted by atomic mass is 9.40. The Morgan fingerprint density at radius 2 is 2.08 bits per heavy atom. The third-order valence-corrected chi connectivity index (χ3v) is 5.07. The molecule has 1 fully saturated rings. The molecule has 0 bridgehead atoms. The van der Waals surface area contributed by atoms with E-state index in [1.807, 2.05) is 0 Å². The zero-order valence-electron chi connectivity index (χ0n) is 12.3. The molecule has 1 unspecified atom stereocenters. The summed E-state index contributed by atoms with van der Waals surface area (Å²) in [4.78, 5) is 3.53. The zero-order valence-corrected chi connectivity index (χ0v) is 13.2. The van der Waals surface area contributed by atoms with E-state index in [-0.39, 0.29) is 35.2 Å². The van der Waals surface area contributed by atoms with Crippen LogP contribution in [0.2, 0.25) is 12.6 Å². The van der Waals surface area contributed by atoms with Gasteiger partial charge in [-0.05, 0) is 24.9 Å². The highest BCUT2D eigenvalue weighted by molar-refractivity contribution is 7.14. The number of halogens is 4. The largest absolute Gasteiger partial charge is 0.433 e. The Bertz CT molecular complexity index is 788. The maximum atomic E-state index is 15.1. The molecule has 1 atom stereocenters. The van der Waals surface area contributed by atoms with Gasteiger partial charge in [0, 0.05) is 5.97 Å². The number of nitrogens with zero attached hydrogens (tertiary/aromatic N) is 4. The van der Waals surface area contributed by atoms with Gasteiger partial charge < -0.3 is 0 Å². The molecule has 1 aliphatic heterocycles. The van der Waals surface area contributed by atoms with Crippen LogP contribution in [-0.2, 0) is 11.8 Å². The van der Waals surface area contributed by atoms with E-state index in [2.05, 4.69) is 21.1 Å². The molecule has 0 aliphatic carbocycles. The summed E-state index contributed by atoms with van der Waals surface area (Å²) < 4.78 is 53.3. The smallest absolute Gasteiger partial charge is 0.241 e. The molecule has 1 aliphatic rings. The van der Waals surface area contributed by atoms with Gasteiger partial charge in [0.25, 0.3) is 6.71 Å². The SMILES string of the molecule is N#CB1CCCC(F)(c2nnc(-c3cccc(C(F)(F)F)n3)s2)C1. The highest BCUT2D eigenvalue weighted by Gasteiger charge is 2.43. The summed E-state index contributed by atoms with van der Waals surface area (Å²) in [5.74, 6) is 2.07. The van der Waals surface area contributed by atoms with Crippen molar-refractivity contribution in [3.8, 4) is 16.7 Å². The number of alkyl halides is 4. The molecular formula is C14H11BF4N4S. The number of hydrogen-bond donors (Lipinski definition) is 0. The van der Waals surface area contributed by atoms with Gasteiger partial charge in [0.15, 0.2) is 15.7 Å². The fourth-order valence-electron chi connectivity index (χ4n) is 2.75. The Hall–Kier alpha value is -2.02. The first-order chi connectivity index (χ1) is 11.3. The van der Waals surface area contributed by atoms with Gasteiger partial charge in [-0.3, -0.25) is 0 Å². The van der Waals surface area contributed by atoms with Crippen LogP contribution in [0.15, 0.2) is 18.2 Å². The summed E-state index contributed by atoms with van der Waals surface area (Å²) in [6.07, 6.45) is -3.09. The fourth-order valence-corrected chi connectivity index (χ4v) is 3.68. The van der Waals surface area contributed by atoms with Crippen LogP contribution in [0.25, 0.3) is 10.7 Å². The first kappa shape index (κ1) is 16.8. The molecule has 2 aromatic heterocycles. The van der Waals surface area contributed by atoms with Crippen molar-refractivity contribution in [1.82, 2.24) is 15.2 Å². The minimum atomic E-state index is -4.56. The lowest BCUT2D eigenvalue weighted by Crippen LogP contribution is -2.32. The lowest BCUT2D eigenvalue weighted by molar-refractivity contribution is -0.141. The average molecular weight is 354 g/mol. The van der Waals surface area contributed by atoms with Crippen molar-refractivity contribution in [3.63, 3.8) is 0 Å². The maximum absolute atomic E-state index is 15.1. The molecule has 0 saturated carbocycles. The standard InChI is InChI=1S/C14H11BF4N4S/c16-13(5-2-6-15(7-13)8-20)12-23-22-11(24-12)9-3-1-4-10(21-9)14(17,18)19/h1,3-4H,2,5-7H2. The third kappa shape index (κ3) is 3.26. The van der Waals surface area contributed by atoms with Gasteiger partial charge in [-0.2, -0.15) is 13.2 Å². The summed E-state index contributed by atoms with van der Waals surface area (Å²) in [6, 6.07) is 3.47. The van der Waals surface area contributed by atoms with Crippen molar-refractivity contribution in [2.75, 3.05) is 0 Å². The zero-order chi connectivity index (χ0) is 17.4. The molecule has 3 heterocycles. The molecule has 2 aromatic rings. The van der Waals surface area contributed by atoms with Crippen molar-refractivity contribution in [1.29, 1.82) is 5.26 Å². The first-order valence-corrected chi connectivity index (χ1v) is 8.11. The van der Waals surface area contributed by atoms with Crippen LogP contribution in [0.3, 0.4) is 0 Å². The van der Waals surface area contributed by atoms with Crippen LogP contribution in [0, 0.1) is 11.2 Å². The van der Waals surface area contributed by atoms with E-state index in [1.54, 1.807) is 0 Å². The summed E-state index contributed by atoms with van der Waals surface area (Å²) >= 11 is 0.887. The molecule has 0 aromatic carbocycles. The molecule has 4 nitrogen and oxygen atoms in total. The molecule has 3 rings (SSSR count). The molecule has 1 saturated heterocycles. The normalized spacial score (nSPS) is 21.5. The summed E-state index contributed by atoms with van der Waals surface area (Å²) in [5.41, 5.74) is -2.78. The molecule has 10 heteroatoms. The Labute approximate surface area is 139 Å². The fraction of sp³-hybridized carbons (Fsp3) is 0.429. The van der Waals surface area contributed by atoms with Gasteiger partial charge in [-0.25, -0.2) is 14.6 Å². The molecule has 0 amide bonds. The van der Waals surface area contributed by atoms with Gasteiger partial charge in [0.2, 0.25) is 0 Å². The molecular weight excluding hydrogens is 343 g/mol. The quantitative estimate of drug-likeness (QED) is 0.601. The van der Waals surface area contributed by atoms with Crippen LogP contribution >= 0.6 is 11.3 Å². The highest BCUT2D eigenvalue weighted by Crippen LogP contribution is 2.43. The van der Waals surface area contributed by atoms with Gasteiger partial charge in [0.1, 0.15) is 11.4 Å². The van der Waals surface area contributed by atoms with Crippen LogP contribution < -0.4 is 0 Å². The van der Waals surface area contributed by atoms with E-state index in [9.17, 15) is 13.2 Å². The van der Waals surface area contributed by atoms with E-state index in [0.29, 0.717) is 12.7 Å². The van der Waals surface area contributed by atoms with Crippen molar-refractivity contribution < 1.29 is 17.6 Å². The highest BCUT2D eigenvalue weighted by atomic mass is 32.1. The second-order valence-electron chi connectivity index (χ2n) is 5.71. The van der Waals surface area contributed by atoms with Gasteiger partial charge in [-0.15, -0.1) is 10.2 Å². The van der Waals surface area contributed by atoms with Gasteiger partial charge >= 0.3 is 6.18 Å². The minimum absolute atomic E-state index is 0.00446. The van der Waals surface area contributed by atoms with Crippen molar-refractivity contribution in [2.45, 2.75) is 37.3 Å². The second kappa shape index (κ2) is 6.13. The number of nitriles is 1. The van der Waals surface area contributed by atoms with Crippen molar-refractivity contribution in [3.05, 3.63) is 28.9 Å². The summed E-state index contributed by atoms with van der Waals surface area (Å²) in [6.45, 7) is -0.386. The molecule has 0 radical (unpaired) electrons. The Morgan fingerprint density at radius 1 is 1.29 bits per heavy atom. The monoisotopic (exact) mass is 354 g/mol. The summed E-state index contributed by atoms with van der Waals surface area (Å²) in [7, 11) is 0. The Morgan fingerprint density at radius 3 is 2.79 bits per heavy atom. The van der Waals surface area contributed by atoms with E-state index < -0.39 is 17.5 Å². The summed E-state index contributed by atoms with van der Waals surface area (Å²) in [5, 5.41) is 16.8. The first-order valence-electron chi connectivity index (χ1n) is 7.29. The van der Waals surface area contributed by atoms with E-state index in [4.69, 9.17) is 5.26 Å². The van der Waals surface area contributed by atoms with Crippen LogP contribution in [0.5, 0.6) is 0 Å². The molecule has 124 valence electrons. The number of hydrogen-bond acceptors (Lipinski definition) is 5. The lowest BCUT2D eigenvalue weighted by Gasteiger charge is -2.28. The second-order valence-corrected chi connectivity index (χ2v) is 6.68. The predicted molar refractivity (Wildman–Crippen MR) is 81.1 cm³/mol. The topological polar surface area (TPSA) is 62.5 Å². The molecule has 0 spiro atoms. The van der Waals surface area contributed by atoms with Crippen LogP contribution in [-0.4, -0.2) is 21.9 Å². The maximum Gasteiger partial charge on any atom is 0.433 e. The number of aromatic nitrogens is 3. The molecule has 0 N–H and O–H groups in total. The van der Waals surface area contributed by atoms with E-state index in [0.717, 1.165) is 17.4 Å². The third-order valence-electron chi connectivity index (χ3n) is 3.95. The van der Waals surface area contributed by atoms with Crippen LogP contribution in [0.1, 0.15) is 23.5 Å². The average Bonchev–Trinajstić information content (AvgIpc) is 3.05. The number of pyridine rings is 1. The Kier molecular flexibility index (Phi) is 4.30.